The third kappa shape index (κ3) is 5.40. The quantitative estimate of drug-likeness (QED) is 0.519. The second kappa shape index (κ2) is 9.85. The molecule has 0 unspecified atom stereocenters. The predicted molar refractivity (Wildman–Crippen MR) is 108 cm³/mol. The van der Waals surface area contributed by atoms with Crippen LogP contribution in [0, 0.1) is 19.7 Å². The Labute approximate surface area is 163 Å². The van der Waals surface area contributed by atoms with Crippen LogP contribution in [0.2, 0.25) is 5.02 Å². The first-order valence-electron chi connectivity index (χ1n) is 8.53. The van der Waals surface area contributed by atoms with Crippen LogP contribution in [0.1, 0.15) is 30.3 Å². The van der Waals surface area contributed by atoms with Crippen molar-refractivity contribution in [2.24, 2.45) is 0 Å². The minimum atomic E-state index is -0.342. The molecular weight excluding hydrogens is 375 g/mol. The largest absolute Gasteiger partial charge is 0.382 e. The van der Waals surface area contributed by atoms with Gasteiger partial charge in [0.2, 0.25) is 0 Å². The fourth-order valence-corrected chi connectivity index (χ4v) is 2.97. The van der Waals surface area contributed by atoms with Gasteiger partial charge < -0.3 is 15.4 Å². The molecule has 0 fully saturated rings. The van der Waals surface area contributed by atoms with Gasteiger partial charge in [0.25, 0.3) is 0 Å². The third-order valence-corrected chi connectivity index (χ3v) is 4.55. The molecule has 26 heavy (non-hydrogen) atoms. The van der Waals surface area contributed by atoms with Gasteiger partial charge in [0.15, 0.2) is 5.11 Å². The maximum Gasteiger partial charge on any atom is 0.170 e. The van der Waals surface area contributed by atoms with Gasteiger partial charge in [-0.15, -0.1) is 0 Å². The van der Waals surface area contributed by atoms with Crippen LogP contribution in [0.3, 0.4) is 0 Å². The lowest BCUT2D eigenvalue weighted by molar-refractivity contribution is 0.146. The van der Waals surface area contributed by atoms with Crippen molar-refractivity contribution in [3.8, 4) is 0 Å². The summed E-state index contributed by atoms with van der Waals surface area (Å²) >= 11 is 11.5. The van der Waals surface area contributed by atoms with E-state index in [0.717, 1.165) is 30.0 Å². The molecule has 0 aliphatic carbocycles. The molecule has 1 heterocycles. The molecule has 1 aromatic carbocycles. The summed E-state index contributed by atoms with van der Waals surface area (Å²) in [6.07, 6.45) is 0.874. The second-order valence-electron chi connectivity index (χ2n) is 5.84. The van der Waals surface area contributed by atoms with Crippen LogP contribution in [0.25, 0.3) is 0 Å². The molecule has 142 valence electrons. The molecule has 5 nitrogen and oxygen atoms in total. The fraction of sp³-hybridized carbons (Fsp3) is 0.444. The molecule has 2 N–H and O–H groups in total. The average molecular weight is 399 g/mol. The number of aryl methyl sites for hydroxylation is 1. The summed E-state index contributed by atoms with van der Waals surface area (Å²) in [4.78, 5) is 0. The topological polar surface area (TPSA) is 51.1 Å². The van der Waals surface area contributed by atoms with Gasteiger partial charge in [0.1, 0.15) is 5.82 Å². The van der Waals surface area contributed by atoms with E-state index >= 15 is 0 Å². The van der Waals surface area contributed by atoms with Gasteiger partial charge >= 0.3 is 0 Å². The zero-order valence-electron chi connectivity index (χ0n) is 15.2. The van der Waals surface area contributed by atoms with Crippen LogP contribution in [0.4, 0.5) is 10.1 Å². The number of benzene rings is 1. The number of anilines is 1. The van der Waals surface area contributed by atoms with Crippen molar-refractivity contribution in [3.63, 3.8) is 0 Å². The summed E-state index contributed by atoms with van der Waals surface area (Å²) in [5.41, 5.74) is 2.89. The number of hydrogen-bond acceptors (Lipinski definition) is 3. The van der Waals surface area contributed by atoms with Crippen LogP contribution >= 0.6 is 23.8 Å². The standard InChI is InChI=1S/C18H24ClFN4OS/c1-4-25-10-6-9-21-18(26)22-17-12(2)23-24(13(17)3)11-14-15(19)7-5-8-16(14)20/h5,7-8H,4,6,9-11H2,1-3H3,(H2,21,22,26). The van der Waals surface area contributed by atoms with Gasteiger partial charge in [0, 0.05) is 30.3 Å². The Bertz CT molecular complexity index is 746. The van der Waals surface area contributed by atoms with Gasteiger partial charge in [-0.3, -0.25) is 4.68 Å². The Balaban J connectivity index is 2.02. The molecule has 0 bridgehead atoms. The molecule has 0 amide bonds. The molecule has 0 spiro atoms. The van der Waals surface area contributed by atoms with Crippen molar-refractivity contribution in [2.45, 2.75) is 33.7 Å². The molecule has 0 atom stereocenters. The summed E-state index contributed by atoms with van der Waals surface area (Å²) in [7, 11) is 0. The molecule has 8 heteroatoms. The number of rotatable bonds is 8. The zero-order chi connectivity index (χ0) is 19.1. The smallest absolute Gasteiger partial charge is 0.170 e. The Hall–Kier alpha value is -1.70. The second-order valence-corrected chi connectivity index (χ2v) is 6.65. The van der Waals surface area contributed by atoms with Crippen LogP contribution in [-0.4, -0.2) is 34.7 Å². The summed E-state index contributed by atoms with van der Waals surface area (Å²) in [5, 5.41) is 11.7. The maximum absolute atomic E-state index is 14.0. The van der Waals surface area contributed by atoms with E-state index in [1.807, 2.05) is 20.8 Å². The van der Waals surface area contributed by atoms with Crippen molar-refractivity contribution >= 4 is 34.6 Å². The number of halogens is 2. The molecule has 1 aromatic heterocycles. The highest BCUT2D eigenvalue weighted by Gasteiger charge is 2.15. The normalized spacial score (nSPS) is 10.8. The van der Waals surface area contributed by atoms with E-state index in [-0.39, 0.29) is 12.4 Å². The molecule has 0 aliphatic heterocycles. The minimum Gasteiger partial charge on any atom is -0.382 e. The molecule has 2 rings (SSSR count). The first-order chi connectivity index (χ1) is 12.4. The van der Waals surface area contributed by atoms with Gasteiger partial charge in [-0.1, -0.05) is 17.7 Å². The van der Waals surface area contributed by atoms with Crippen LogP contribution < -0.4 is 10.6 Å². The van der Waals surface area contributed by atoms with Crippen molar-refractivity contribution in [3.05, 3.63) is 46.0 Å². The number of ether oxygens (including phenoxy) is 1. The Morgan fingerprint density at radius 2 is 2.15 bits per heavy atom. The lowest BCUT2D eigenvalue weighted by Gasteiger charge is -2.11. The first kappa shape index (κ1) is 20.6. The number of nitrogens with zero attached hydrogens (tertiary/aromatic N) is 2. The number of hydrogen-bond donors (Lipinski definition) is 2. The molecule has 0 radical (unpaired) electrons. The van der Waals surface area contributed by atoms with E-state index in [1.54, 1.807) is 16.8 Å². The molecule has 2 aromatic rings. The van der Waals surface area contributed by atoms with Crippen LogP contribution in [0.5, 0.6) is 0 Å². The third-order valence-electron chi connectivity index (χ3n) is 3.94. The molecule has 0 saturated heterocycles. The van der Waals surface area contributed by atoms with Crippen molar-refractivity contribution < 1.29 is 9.13 Å². The van der Waals surface area contributed by atoms with Gasteiger partial charge in [-0.05, 0) is 51.5 Å². The molecular formula is C18H24ClFN4OS. The van der Waals surface area contributed by atoms with E-state index in [4.69, 9.17) is 28.6 Å². The summed E-state index contributed by atoms with van der Waals surface area (Å²) in [6.45, 7) is 8.16. The Morgan fingerprint density at radius 1 is 1.38 bits per heavy atom. The molecule has 0 aliphatic rings. The predicted octanol–water partition coefficient (Wildman–Crippen LogP) is 4.05. The van der Waals surface area contributed by atoms with Gasteiger partial charge in [-0.2, -0.15) is 5.10 Å². The summed E-state index contributed by atoms with van der Waals surface area (Å²) in [5.74, 6) is -0.342. The van der Waals surface area contributed by atoms with E-state index in [9.17, 15) is 4.39 Å². The van der Waals surface area contributed by atoms with Crippen molar-refractivity contribution in [1.82, 2.24) is 15.1 Å². The Kier molecular flexibility index (Phi) is 7.81. The van der Waals surface area contributed by atoms with Crippen molar-refractivity contribution in [2.75, 3.05) is 25.1 Å². The SMILES string of the molecule is CCOCCCNC(=S)Nc1c(C)nn(Cc2c(F)cccc2Cl)c1C. The zero-order valence-corrected chi connectivity index (χ0v) is 16.8. The highest BCUT2D eigenvalue weighted by atomic mass is 35.5. The lowest BCUT2D eigenvalue weighted by Crippen LogP contribution is -2.30. The first-order valence-corrected chi connectivity index (χ1v) is 9.32. The summed E-state index contributed by atoms with van der Waals surface area (Å²) in [6, 6.07) is 4.66. The van der Waals surface area contributed by atoms with Crippen molar-refractivity contribution in [1.29, 1.82) is 0 Å². The highest BCUT2D eigenvalue weighted by Crippen LogP contribution is 2.24. The number of thiocarbonyl (C=S) groups is 1. The average Bonchev–Trinajstić information content (AvgIpc) is 2.85. The lowest BCUT2D eigenvalue weighted by atomic mass is 10.2. The van der Waals surface area contributed by atoms with Gasteiger partial charge in [-0.25, -0.2) is 4.39 Å². The highest BCUT2D eigenvalue weighted by molar-refractivity contribution is 7.80. The monoisotopic (exact) mass is 398 g/mol. The molecule has 0 saturated carbocycles. The van der Waals surface area contributed by atoms with E-state index in [1.165, 1.54) is 6.07 Å². The van der Waals surface area contributed by atoms with Crippen LogP contribution in [0.15, 0.2) is 18.2 Å². The van der Waals surface area contributed by atoms with E-state index in [0.29, 0.717) is 28.9 Å². The summed E-state index contributed by atoms with van der Waals surface area (Å²) < 4.78 is 21.0. The Morgan fingerprint density at radius 3 is 2.85 bits per heavy atom. The fourth-order valence-electron chi connectivity index (χ4n) is 2.54. The van der Waals surface area contributed by atoms with Crippen LogP contribution in [-0.2, 0) is 11.3 Å². The van der Waals surface area contributed by atoms with Gasteiger partial charge in [0.05, 0.1) is 23.6 Å². The maximum atomic E-state index is 14.0. The van der Waals surface area contributed by atoms with E-state index < -0.39 is 0 Å². The number of nitrogens with one attached hydrogen (secondary N) is 2. The number of aromatic nitrogens is 2. The van der Waals surface area contributed by atoms with E-state index in [2.05, 4.69) is 15.7 Å². The minimum absolute atomic E-state index is 0.258.